The lowest BCUT2D eigenvalue weighted by molar-refractivity contribution is 0.0348. The summed E-state index contributed by atoms with van der Waals surface area (Å²) in [5, 5.41) is 0. The Balaban J connectivity index is 2.09. The monoisotopic (exact) mass is 174 g/mol. The summed E-state index contributed by atoms with van der Waals surface area (Å²) in [6, 6.07) is 0. The van der Waals surface area contributed by atoms with Crippen LogP contribution in [0.4, 0.5) is 4.39 Å². The topological polar surface area (TPSA) is 38.5 Å². The minimum atomic E-state index is -0.680. The average Bonchev–Trinajstić information content (AvgIpc) is 2.44. The highest BCUT2D eigenvalue weighted by Crippen LogP contribution is 2.39. The molecule has 3 nitrogen and oxygen atoms in total. The standard InChI is InChI=1S/C8H15FN2O/c9-7-4-8(6-12-10)2-1-3-11(8)5-7/h7H,1-6,10H2/t7-,8-/m0/s1. The molecule has 0 bridgehead atoms. The van der Waals surface area contributed by atoms with E-state index in [-0.39, 0.29) is 5.54 Å². The molecule has 0 aromatic rings. The van der Waals surface area contributed by atoms with Crippen molar-refractivity contribution in [3.8, 4) is 0 Å². The quantitative estimate of drug-likeness (QED) is 0.618. The second kappa shape index (κ2) is 2.94. The molecule has 0 amide bonds. The molecule has 2 heterocycles. The Kier molecular flexibility index (Phi) is 2.06. The molecule has 2 N–H and O–H groups in total. The zero-order chi connectivity index (χ0) is 8.60. The number of nitrogens with zero attached hydrogens (tertiary/aromatic N) is 1. The largest absolute Gasteiger partial charge is 0.303 e. The molecule has 4 heteroatoms. The molecule has 2 aliphatic rings. The van der Waals surface area contributed by atoms with Gasteiger partial charge in [0, 0.05) is 18.5 Å². The van der Waals surface area contributed by atoms with Crippen molar-refractivity contribution in [1.82, 2.24) is 4.90 Å². The van der Waals surface area contributed by atoms with Gasteiger partial charge in [0.25, 0.3) is 0 Å². The van der Waals surface area contributed by atoms with Crippen LogP contribution in [0.15, 0.2) is 0 Å². The molecule has 0 aliphatic carbocycles. The van der Waals surface area contributed by atoms with Crippen molar-refractivity contribution >= 4 is 0 Å². The first-order valence-corrected chi connectivity index (χ1v) is 4.48. The summed E-state index contributed by atoms with van der Waals surface area (Å²) in [5.41, 5.74) is -0.0613. The predicted molar refractivity (Wildman–Crippen MR) is 43.2 cm³/mol. The third-order valence-corrected chi connectivity index (χ3v) is 3.11. The lowest BCUT2D eigenvalue weighted by Crippen LogP contribution is -2.43. The highest BCUT2D eigenvalue weighted by atomic mass is 19.1. The van der Waals surface area contributed by atoms with Crippen LogP contribution in [0.1, 0.15) is 19.3 Å². The van der Waals surface area contributed by atoms with Gasteiger partial charge >= 0.3 is 0 Å². The third kappa shape index (κ3) is 1.14. The molecule has 70 valence electrons. The Morgan fingerprint density at radius 3 is 3.25 bits per heavy atom. The number of fused-ring (bicyclic) bond motifs is 1. The Bertz CT molecular complexity index is 178. The van der Waals surface area contributed by atoms with Gasteiger partial charge in [-0.25, -0.2) is 10.3 Å². The molecule has 2 saturated heterocycles. The van der Waals surface area contributed by atoms with Gasteiger partial charge in [-0.15, -0.1) is 0 Å². The van der Waals surface area contributed by atoms with Gasteiger partial charge in [0.2, 0.25) is 0 Å². The molecule has 2 fully saturated rings. The molecular weight excluding hydrogens is 159 g/mol. The Morgan fingerprint density at radius 1 is 1.67 bits per heavy atom. The summed E-state index contributed by atoms with van der Waals surface area (Å²) in [7, 11) is 0. The van der Waals surface area contributed by atoms with Crippen molar-refractivity contribution < 1.29 is 9.23 Å². The Morgan fingerprint density at radius 2 is 2.50 bits per heavy atom. The molecule has 0 aromatic carbocycles. The molecule has 0 saturated carbocycles. The van der Waals surface area contributed by atoms with E-state index >= 15 is 0 Å². The van der Waals surface area contributed by atoms with Crippen molar-refractivity contribution in [1.29, 1.82) is 0 Å². The summed E-state index contributed by atoms with van der Waals surface area (Å²) >= 11 is 0. The summed E-state index contributed by atoms with van der Waals surface area (Å²) < 4.78 is 13.1. The van der Waals surface area contributed by atoms with Crippen molar-refractivity contribution in [2.45, 2.75) is 31.0 Å². The SMILES string of the molecule is NOC[C@@]12CCCN1C[C@@H](F)C2. The molecule has 2 aliphatic heterocycles. The Hall–Kier alpha value is -0.190. The molecule has 0 unspecified atom stereocenters. The number of hydrogen-bond acceptors (Lipinski definition) is 3. The first-order valence-electron chi connectivity index (χ1n) is 4.48. The van der Waals surface area contributed by atoms with E-state index in [4.69, 9.17) is 5.90 Å². The average molecular weight is 174 g/mol. The van der Waals surface area contributed by atoms with Gasteiger partial charge < -0.3 is 4.84 Å². The molecule has 0 aromatic heterocycles. The summed E-state index contributed by atoms with van der Waals surface area (Å²) in [5.74, 6) is 5.06. The van der Waals surface area contributed by atoms with E-state index in [0.717, 1.165) is 19.4 Å². The van der Waals surface area contributed by atoms with Crippen LogP contribution in [0.5, 0.6) is 0 Å². The van der Waals surface area contributed by atoms with E-state index in [1.165, 1.54) is 0 Å². The molecule has 2 rings (SSSR count). The van der Waals surface area contributed by atoms with Crippen molar-refractivity contribution in [3.05, 3.63) is 0 Å². The van der Waals surface area contributed by atoms with E-state index in [2.05, 4.69) is 9.74 Å². The molecular formula is C8H15FN2O. The lowest BCUT2D eigenvalue weighted by atomic mass is 9.95. The van der Waals surface area contributed by atoms with Crippen LogP contribution in [-0.4, -0.2) is 36.3 Å². The highest BCUT2D eigenvalue weighted by Gasteiger charge is 2.48. The maximum Gasteiger partial charge on any atom is 0.115 e. The van der Waals surface area contributed by atoms with Gasteiger partial charge in [0.15, 0.2) is 0 Å². The molecule has 0 spiro atoms. The minimum Gasteiger partial charge on any atom is -0.303 e. The third-order valence-electron chi connectivity index (χ3n) is 3.11. The molecule has 0 radical (unpaired) electrons. The van der Waals surface area contributed by atoms with Crippen LogP contribution in [-0.2, 0) is 4.84 Å². The van der Waals surface area contributed by atoms with E-state index in [0.29, 0.717) is 19.6 Å². The van der Waals surface area contributed by atoms with Crippen LogP contribution in [0.2, 0.25) is 0 Å². The lowest BCUT2D eigenvalue weighted by Gasteiger charge is -2.29. The van der Waals surface area contributed by atoms with Crippen molar-refractivity contribution in [2.75, 3.05) is 19.7 Å². The second-order valence-electron chi connectivity index (χ2n) is 3.89. The first-order chi connectivity index (χ1) is 5.77. The van der Waals surface area contributed by atoms with Crippen molar-refractivity contribution in [2.24, 2.45) is 5.90 Å². The number of rotatable bonds is 2. The Labute approximate surface area is 71.6 Å². The minimum absolute atomic E-state index is 0.0613. The van der Waals surface area contributed by atoms with Crippen LogP contribution in [0.3, 0.4) is 0 Å². The van der Waals surface area contributed by atoms with Crippen LogP contribution in [0, 0.1) is 0 Å². The maximum atomic E-state index is 13.1. The molecule has 2 atom stereocenters. The zero-order valence-corrected chi connectivity index (χ0v) is 7.13. The fourth-order valence-electron chi connectivity index (χ4n) is 2.60. The number of hydrogen-bond donors (Lipinski definition) is 1. The van der Waals surface area contributed by atoms with Crippen LogP contribution in [0.25, 0.3) is 0 Å². The van der Waals surface area contributed by atoms with Gasteiger partial charge in [-0.3, -0.25) is 4.90 Å². The summed E-state index contributed by atoms with van der Waals surface area (Å²) in [4.78, 5) is 6.86. The fourth-order valence-corrected chi connectivity index (χ4v) is 2.60. The second-order valence-corrected chi connectivity index (χ2v) is 3.89. The van der Waals surface area contributed by atoms with Gasteiger partial charge in [-0.2, -0.15) is 0 Å². The number of nitrogens with two attached hydrogens (primary N) is 1. The van der Waals surface area contributed by atoms with Crippen LogP contribution >= 0.6 is 0 Å². The van der Waals surface area contributed by atoms with E-state index in [1.807, 2.05) is 0 Å². The number of alkyl halides is 1. The van der Waals surface area contributed by atoms with Gasteiger partial charge in [-0.05, 0) is 19.4 Å². The van der Waals surface area contributed by atoms with E-state index in [1.54, 1.807) is 0 Å². The van der Waals surface area contributed by atoms with Crippen LogP contribution < -0.4 is 5.90 Å². The summed E-state index contributed by atoms with van der Waals surface area (Å²) in [6.45, 7) is 2.06. The smallest absolute Gasteiger partial charge is 0.115 e. The van der Waals surface area contributed by atoms with E-state index in [9.17, 15) is 4.39 Å². The highest BCUT2D eigenvalue weighted by molar-refractivity contribution is 5.03. The van der Waals surface area contributed by atoms with E-state index < -0.39 is 6.17 Å². The van der Waals surface area contributed by atoms with Crippen molar-refractivity contribution in [3.63, 3.8) is 0 Å². The van der Waals surface area contributed by atoms with Gasteiger partial charge in [0.05, 0.1) is 6.61 Å². The number of halogens is 1. The zero-order valence-electron chi connectivity index (χ0n) is 7.13. The fraction of sp³-hybridized carbons (Fsp3) is 1.00. The molecule has 12 heavy (non-hydrogen) atoms. The maximum absolute atomic E-state index is 13.1. The van der Waals surface area contributed by atoms with Gasteiger partial charge in [0.1, 0.15) is 6.17 Å². The normalized spacial score (nSPS) is 42.0. The predicted octanol–water partition coefficient (Wildman–Crippen LogP) is 0.453. The summed E-state index contributed by atoms with van der Waals surface area (Å²) in [6.07, 6.45) is 2.10. The van der Waals surface area contributed by atoms with Gasteiger partial charge in [-0.1, -0.05) is 0 Å². The first kappa shape index (κ1) is 8.41.